The number of pyridine rings is 1. The fourth-order valence-electron chi connectivity index (χ4n) is 2.21. The van der Waals surface area contributed by atoms with Crippen molar-refractivity contribution in [3.8, 4) is 11.1 Å². The number of hydrogen-bond acceptors (Lipinski definition) is 1. The smallest absolute Gasteiger partial charge is 0.131 e. The molecular formula is C19H24FN. The van der Waals surface area contributed by atoms with Crippen LogP contribution in [0.1, 0.15) is 52.7 Å². The summed E-state index contributed by atoms with van der Waals surface area (Å²) < 4.78 is 14.2. The van der Waals surface area contributed by atoms with Gasteiger partial charge in [0.1, 0.15) is 5.82 Å². The third-order valence-corrected chi connectivity index (χ3v) is 3.75. The first-order valence-corrected chi connectivity index (χ1v) is 7.35. The summed E-state index contributed by atoms with van der Waals surface area (Å²) in [5.41, 5.74) is 3.70. The lowest BCUT2D eigenvalue weighted by Gasteiger charge is -2.21. The molecule has 0 bridgehead atoms. The molecule has 0 amide bonds. The first kappa shape index (κ1) is 15.7. The number of benzene rings is 1. The van der Waals surface area contributed by atoms with Gasteiger partial charge in [-0.15, -0.1) is 0 Å². The lowest BCUT2D eigenvalue weighted by Crippen LogP contribution is -2.12. The van der Waals surface area contributed by atoms with Crippen molar-refractivity contribution in [1.29, 1.82) is 0 Å². The van der Waals surface area contributed by atoms with Crippen LogP contribution in [-0.4, -0.2) is 4.98 Å². The molecule has 0 fully saturated rings. The highest BCUT2D eigenvalue weighted by Gasteiger charge is 2.18. The molecule has 112 valence electrons. The minimum Gasteiger partial charge on any atom is -0.264 e. The molecule has 0 N–H and O–H groups in total. The fourth-order valence-corrected chi connectivity index (χ4v) is 2.21. The molecule has 0 atom stereocenters. The average molecular weight is 285 g/mol. The van der Waals surface area contributed by atoms with Crippen LogP contribution in [0.2, 0.25) is 0 Å². The zero-order chi connectivity index (χ0) is 15.8. The number of aromatic nitrogens is 1. The minimum atomic E-state index is -0.198. The van der Waals surface area contributed by atoms with Crippen LogP contribution in [0.5, 0.6) is 0 Å². The highest BCUT2D eigenvalue weighted by atomic mass is 19.1. The second-order valence-corrected chi connectivity index (χ2v) is 7.66. The van der Waals surface area contributed by atoms with E-state index in [0.717, 1.165) is 16.7 Å². The molecule has 1 heterocycles. The molecule has 21 heavy (non-hydrogen) atoms. The van der Waals surface area contributed by atoms with Crippen LogP contribution >= 0.6 is 0 Å². The molecule has 1 nitrogen and oxygen atoms in total. The standard InChI is InChI=1S/C19H24FN/c1-18(2,3)14-7-8-17(20)16(10-14)13-9-15(12-21-11-13)19(4,5)6/h7-12H,1-6H3. The molecule has 0 aliphatic carbocycles. The Kier molecular flexibility index (Phi) is 3.92. The Morgan fingerprint density at radius 3 is 2.00 bits per heavy atom. The van der Waals surface area contributed by atoms with E-state index in [1.807, 2.05) is 24.4 Å². The van der Waals surface area contributed by atoms with Crippen molar-refractivity contribution in [2.24, 2.45) is 0 Å². The SMILES string of the molecule is CC(C)(C)c1cncc(-c2cc(C(C)(C)C)ccc2F)c1. The molecule has 0 unspecified atom stereocenters. The van der Waals surface area contributed by atoms with Gasteiger partial charge in [0.2, 0.25) is 0 Å². The van der Waals surface area contributed by atoms with Crippen molar-refractivity contribution in [2.75, 3.05) is 0 Å². The molecule has 0 aliphatic rings. The third-order valence-electron chi connectivity index (χ3n) is 3.75. The van der Waals surface area contributed by atoms with Crippen LogP contribution in [0.15, 0.2) is 36.7 Å². The summed E-state index contributed by atoms with van der Waals surface area (Å²) in [5, 5.41) is 0. The van der Waals surface area contributed by atoms with Gasteiger partial charge in [0.15, 0.2) is 0 Å². The van der Waals surface area contributed by atoms with Crippen LogP contribution in [-0.2, 0) is 10.8 Å². The van der Waals surface area contributed by atoms with Crippen LogP contribution in [0, 0.1) is 5.82 Å². The molecule has 0 spiro atoms. The highest BCUT2D eigenvalue weighted by molar-refractivity contribution is 5.65. The molecule has 2 rings (SSSR count). The van der Waals surface area contributed by atoms with E-state index >= 15 is 0 Å². The van der Waals surface area contributed by atoms with Crippen molar-refractivity contribution in [3.63, 3.8) is 0 Å². The molecule has 1 aromatic carbocycles. The summed E-state index contributed by atoms with van der Waals surface area (Å²) >= 11 is 0. The predicted molar refractivity (Wildman–Crippen MR) is 87.0 cm³/mol. The van der Waals surface area contributed by atoms with E-state index in [1.165, 1.54) is 0 Å². The summed E-state index contributed by atoms with van der Waals surface area (Å²) in [6.45, 7) is 12.8. The van der Waals surface area contributed by atoms with Gasteiger partial charge in [-0.05, 0) is 40.2 Å². The molecule has 2 aromatic rings. The third kappa shape index (κ3) is 3.49. The lowest BCUT2D eigenvalue weighted by atomic mass is 9.84. The fraction of sp³-hybridized carbons (Fsp3) is 0.421. The molecule has 0 saturated carbocycles. The van der Waals surface area contributed by atoms with E-state index < -0.39 is 0 Å². The van der Waals surface area contributed by atoms with Crippen LogP contribution < -0.4 is 0 Å². The Morgan fingerprint density at radius 2 is 1.43 bits per heavy atom. The van der Waals surface area contributed by atoms with Crippen LogP contribution in [0.3, 0.4) is 0 Å². The van der Waals surface area contributed by atoms with E-state index in [9.17, 15) is 4.39 Å². The monoisotopic (exact) mass is 285 g/mol. The van der Waals surface area contributed by atoms with Gasteiger partial charge < -0.3 is 0 Å². The van der Waals surface area contributed by atoms with E-state index in [0.29, 0.717) is 5.56 Å². The average Bonchev–Trinajstić information content (AvgIpc) is 2.37. The Balaban J connectivity index is 2.57. The van der Waals surface area contributed by atoms with Gasteiger partial charge in [-0.25, -0.2) is 4.39 Å². The van der Waals surface area contributed by atoms with Gasteiger partial charge in [0, 0.05) is 23.5 Å². The number of rotatable bonds is 1. The second kappa shape index (κ2) is 5.25. The van der Waals surface area contributed by atoms with Crippen molar-refractivity contribution >= 4 is 0 Å². The zero-order valence-electron chi connectivity index (χ0n) is 13.8. The minimum absolute atomic E-state index is 0.00111. The summed E-state index contributed by atoms with van der Waals surface area (Å²) in [6, 6.07) is 7.40. The van der Waals surface area contributed by atoms with E-state index in [1.54, 1.807) is 12.3 Å². The van der Waals surface area contributed by atoms with Gasteiger partial charge in [0.25, 0.3) is 0 Å². The molecule has 0 radical (unpaired) electrons. The van der Waals surface area contributed by atoms with Crippen LogP contribution in [0.25, 0.3) is 11.1 Å². The van der Waals surface area contributed by atoms with Gasteiger partial charge in [0.05, 0.1) is 0 Å². The normalized spacial score (nSPS) is 12.5. The maximum Gasteiger partial charge on any atom is 0.131 e. The molecule has 0 aliphatic heterocycles. The van der Waals surface area contributed by atoms with Crippen molar-refractivity contribution in [1.82, 2.24) is 4.98 Å². The maximum atomic E-state index is 14.2. The molecule has 1 aromatic heterocycles. The Bertz CT molecular complexity index is 645. The zero-order valence-corrected chi connectivity index (χ0v) is 13.8. The van der Waals surface area contributed by atoms with E-state index in [2.05, 4.69) is 46.5 Å². The van der Waals surface area contributed by atoms with Crippen molar-refractivity contribution < 1.29 is 4.39 Å². The van der Waals surface area contributed by atoms with Crippen molar-refractivity contribution in [3.05, 3.63) is 53.6 Å². The number of halogens is 1. The summed E-state index contributed by atoms with van der Waals surface area (Å²) in [6.07, 6.45) is 3.59. The quantitative estimate of drug-likeness (QED) is 0.676. The van der Waals surface area contributed by atoms with Gasteiger partial charge >= 0.3 is 0 Å². The Hall–Kier alpha value is -1.70. The van der Waals surface area contributed by atoms with Crippen molar-refractivity contribution in [2.45, 2.75) is 52.4 Å². The van der Waals surface area contributed by atoms with E-state index in [4.69, 9.17) is 0 Å². The van der Waals surface area contributed by atoms with Gasteiger partial charge in [-0.1, -0.05) is 47.6 Å². The van der Waals surface area contributed by atoms with Gasteiger partial charge in [-0.3, -0.25) is 4.98 Å². The van der Waals surface area contributed by atoms with Gasteiger partial charge in [-0.2, -0.15) is 0 Å². The lowest BCUT2D eigenvalue weighted by molar-refractivity contribution is 0.582. The summed E-state index contributed by atoms with van der Waals surface area (Å²) in [5.74, 6) is -0.198. The Labute approximate surface area is 127 Å². The summed E-state index contributed by atoms with van der Waals surface area (Å²) in [7, 11) is 0. The van der Waals surface area contributed by atoms with Crippen LogP contribution in [0.4, 0.5) is 4.39 Å². The van der Waals surface area contributed by atoms with E-state index in [-0.39, 0.29) is 16.6 Å². The maximum absolute atomic E-state index is 14.2. The largest absolute Gasteiger partial charge is 0.264 e. The first-order chi connectivity index (χ1) is 9.59. The molecular weight excluding hydrogens is 261 g/mol. The first-order valence-electron chi connectivity index (χ1n) is 7.35. The molecule has 2 heteroatoms. The number of hydrogen-bond donors (Lipinski definition) is 0. The predicted octanol–water partition coefficient (Wildman–Crippen LogP) is 5.48. The summed E-state index contributed by atoms with van der Waals surface area (Å²) in [4.78, 5) is 4.29. The Morgan fingerprint density at radius 1 is 0.810 bits per heavy atom. The highest BCUT2D eigenvalue weighted by Crippen LogP contribution is 2.31. The number of nitrogens with zero attached hydrogens (tertiary/aromatic N) is 1. The second-order valence-electron chi connectivity index (χ2n) is 7.66. The topological polar surface area (TPSA) is 12.9 Å². The molecule has 0 saturated heterocycles.